The minimum atomic E-state index is 0.124. The average Bonchev–Trinajstić information content (AvgIpc) is 2.36. The van der Waals surface area contributed by atoms with Gasteiger partial charge in [-0.25, -0.2) is 0 Å². The van der Waals surface area contributed by atoms with Crippen molar-refractivity contribution in [3.63, 3.8) is 0 Å². The fourth-order valence-electron chi connectivity index (χ4n) is 2.39. The number of ketones is 1. The van der Waals surface area contributed by atoms with E-state index in [1.165, 1.54) is 11.1 Å². The van der Waals surface area contributed by atoms with Crippen LogP contribution in [0.25, 0.3) is 11.1 Å². The zero-order chi connectivity index (χ0) is 14.2. The van der Waals surface area contributed by atoms with Gasteiger partial charge in [-0.15, -0.1) is 0 Å². The third kappa shape index (κ3) is 2.64. The Bertz CT molecular complexity index is 639. The van der Waals surface area contributed by atoms with Crippen LogP contribution in [0, 0.1) is 20.8 Å². The molecule has 0 atom stereocenters. The molecule has 0 spiro atoms. The lowest BCUT2D eigenvalue weighted by Crippen LogP contribution is -2.03. The molecule has 0 aliphatic carbocycles. The van der Waals surface area contributed by atoms with E-state index in [1.807, 2.05) is 31.2 Å². The molecule has 0 heterocycles. The number of rotatable bonds is 2. The molecular formula is C17H17BrO. The maximum Gasteiger partial charge on any atom is 0.160 e. The van der Waals surface area contributed by atoms with E-state index in [1.54, 1.807) is 6.92 Å². The van der Waals surface area contributed by atoms with Gasteiger partial charge in [0.25, 0.3) is 0 Å². The molecule has 0 radical (unpaired) electrons. The lowest BCUT2D eigenvalue weighted by Gasteiger charge is -2.15. The molecular weight excluding hydrogens is 300 g/mol. The molecule has 2 heteroatoms. The van der Waals surface area contributed by atoms with Crippen molar-refractivity contribution in [2.24, 2.45) is 0 Å². The molecule has 2 aromatic carbocycles. The number of Topliss-reactive ketones (excluding diaryl/α,β-unsaturated/α-hetero) is 1. The SMILES string of the molecule is CC(=O)c1c(-c2ccc(Br)cc2)cc(C)c(C)c1C. The Morgan fingerprint density at radius 3 is 2.11 bits per heavy atom. The Hall–Kier alpha value is -1.41. The number of carbonyl (C=O) groups excluding carboxylic acids is 1. The zero-order valence-electron chi connectivity index (χ0n) is 11.7. The molecule has 0 bridgehead atoms. The number of benzene rings is 2. The van der Waals surface area contributed by atoms with Crippen LogP contribution in [-0.4, -0.2) is 5.78 Å². The number of hydrogen-bond acceptors (Lipinski definition) is 1. The smallest absolute Gasteiger partial charge is 0.160 e. The lowest BCUT2D eigenvalue weighted by atomic mass is 9.88. The first-order valence-electron chi connectivity index (χ1n) is 6.29. The van der Waals surface area contributed by atoms with Crippen molar-refractivity contribution in [3.05, 3.63) is 57.1 Å². The van der Waals surface area contributed by atoms with Crippen LogP contribution in [0.1, 0.15) is 34.0 Å². The van der Waals surface area contributed by atoms with Crippen LogP contribution in [-0.2, 0) is 0 Å². The largest absolute Gasteiger partial charge is 0.294 e. The van der Waals surface area contributed by atoms with E-state index >= 15 is 0 Å². The second-order valence-corrected chi connectivity index (χ2v) is 5.84. The quantitative estimate of drug-likeness (QED) is 0.692. The number of halogens is 1. The highest BCUT2D eigenvalue weighted by atomic mass is 79.9. The standard InChI is InChI=1S/C17H17BrO/c1-10-9-16(14-5-7-15(18)8-6-14)17(13(4)19)12(3)11(10)2/h5-9H,1-4H3. The predicted octanol–water partition coefficient (Wildman–Crippen LogP) is 5.24. The third-order valence-corrected chi connectivity index (χ3v) is 4.20. The van der Waals surface area contributed by atoms with E-state index in [4.69, 9.17) is 0 Å². The molecule has 0 amide bonds. The minimum absolute atomic E-state index is 0.124. The minimum Gasteiger partial charge on any atom is -0.294 e. The summed E-state index contributed by atoms with van der Waals surface area (Å²) >= 11 is 3.44. The summed E-state index contributed by atoms with van der Waals surface area (Å²) in [6.07, 6.45) is 0. The normalized spacial score (nSPS) is 10.6. The van der Waals surface area contributed by atoms with Gasteiger partial charge in [-0.3, -0.25) is 4.79 Å². The van der Waals surface area contributed by atoms with Gasteiger partial charge >= 0.3 is 0 Å². The molecule has 2 aromatic rings. The molecule has 0 aliphatic rings. The summed E-state index contributed by atoms with van der Waals surface area (Å²) < 4.78 is 1.04. The molecule has 0 saturated carbocycles. The van der Waals surface area contributed by atoms with Crippen LogP contribution in [0.5, 0.6) is 0 Å². The maximum atomic E-state index is 12.0. The first-order chi connectivity index (χ1) is 8.91. The molecule has 0 fully saturated rings. The summed E-state index contributed by atoms with van der Waals surface area (Å²) in [5.41, 5.74) is 6.46. The van der Waals surface area contributed by atoms with Crippen molar-refractivity contribution >= 4 is 21.7 Å². The van der Waals surface area contributed by atoms with E-state index in [9.17, 15) is 4.79 Å². The highest BCUT2D eigenvalue weighted by Gasteiger charge is 2.15. The molecule has 0 aromatic heterocycles. The van der Waals surface area contributed by atoms with E-state index in [0.29, 0.717) is 0 Å². The topological polar surface area (TPSA) is 17.1 Å². The van der Waals surface area contributed by atoms with Crippen LogP contribution in [0.2, 0.25) is 0 Å². The van der Waals surface area contributed by atoms with E-state index in [2.05, 4.69) is 35.8 Å². The molecule has 19 heavy (non-hydrogen) atoms. The fraction of sp³-hybridized carbons (Fsp3) is 0.235. The summed E-state index contributed by atoms with van der Waals surface area (Å²) in [6, 6.07) is 10.2. The van der Waals surface area contributed by atoms with Gasteiger partial charge in [0.05, 0.1) is 0 Å². The Labute approximate surface area is 122 Å². The second-order valence-electron chi connectivity index (χ2n) is 4.93. The number of hydrogen-bond donors (Lipinski definition) is 0. The molecule has 0 N–H and O–H groups in total. The van der Waals surface area contributed by atoms with Gasteiger partial charge in [0, 0.05) is 10.0 Å². The Balaban J connectivity index is 2.75. The Kier molecular flexibility index (Phi) is 3.91. The summed E-state index contributed by atoms with van der Waals surface area (Å²) in [6.45, 7) is 7.83. The van der Waals surface area contributed by atoms with E-state index in [0.717, 1.165) is 26.7 Å². The van der Waals surface area contributed by atoms with Crippen molar-refractivity contribution in [2.45, 2.75) is 27.7 Å². The van der Waals surface area contributed by atoms with Crippen molar-refractivity contribution in [1.29, 1.82) is 0 Å². The lowest BCUT2D eigenvalue weighted by molar-refractivity contribution is 0.101. The molecule has 0 aliphatic heterocycles. The van der Waals surface area contributed by atoms with Crippen LogP contribution in [0.15, 0.2) is 34.8 Å². The van der Waals surface area contributed by atoms with Gasteiger partial charge in [0.15, 0.2) is 5.78 Å². The van der Waals surface area contributed by atoms with Gasteiger partial charge in [-0.05, 0) is 67.6 Å². The van der Waals surface area contributed by atoms with Crippen LogP contribution >= 0.6 is 15.9 Å². The molecule has 0 unspecified atom stereocenters. The fourth-order valence-corrected chi connectivity index (χ4v) is 2.66. The van der Waals surface area contributed by atoms with Crippen molar-refractivity contribution < 1.29 is 4.79 Å². The van der Waals surface area contributed by atoms with Gasteiger partial charge in [0.2, 0.25) is 0 Å². The van der Waals surface area contributed by atoms with E-state index in [-0.39, 0.29) is 5.78 Å². The summed E-state index contributed by atoms with van der Waals surface area (Å²) in [5, 5.41) is 0. The van der Waals surface area contributed by atoms with Crippen molar-refractivity contribution in [3.8, 4) is 11.1 Å². The Morgan fingerprint density at radius 1 is 1.00 bits per heavy atom. The second kappa shape index (κ2) is 5.30. The molecule has 2 rings (SSSR count). The van der Waals surface area contributed by atoms with Gasteiger partial charge < -0.3 is 0 Å². The molecule has 98 valence electrons. The first-order valence-corrected chi connectivity index (χ1v) is 7.08. The third-order valence-electron chi connectivity index (χ3n) is 3.67. The van der Waals surface area contributed by atoms with Gasteiger partial charge in [-0.1, -0.05) is 34.1 Å². The molecule has 0 saturated heterocycles. The Morgan fingerprint density at radius 2 is 1.58 bits per heavy atom. The van der Waals surface area contributed by atoms with Crippen LogP contribution in [0.4, 0.5) is 0 Å². The highest BCUT2D eigenvalue weighted by molar-refractivity contribution is 9.10. The first kappa shape index (κ1) is 14.0. The van der Waals surface area contributed by atoms with Crippen molar-refractivity contribution in [2.75, 3.05) is 0 Å². The van der Waals surface area contributed by atoms with Crippen LogP contribution in [0.3, 0.4) is 0 Å². The summed E-state index contributed by atoms with van der Waals surface area (Å²) in [4.78, 5) is 12.0. The van der Waals surface area contributed by atoms with Gasteiger partial charge in [0.1, 0.15) is 0 Å². The van der Waals surface area contributed by atoms with Gasteiger partial charge in [-0.2, -0.15) is 0 Å². The highest BCUT2D eigenvalue weighted by Crippen LogP contribution is 2.31. The summed E-state index contributed by atoms with van der Waals surface area (Å²) in [7, 11) is 0. The van der Waals surface area contributed by atoms with Crippen LogP contribution < -0.4 is 0 Å². The predicted molar refractivity (Wildman–Crippen MR) is 83.8 cm³/mol. The van der Waals surface area contributed by atoms with E-state index < -0.39 is 0 Å². The monoisotopic (exact) mass is 316 g/mol. The number of aryl methyl sites for hydroxylation is 1. The average molecular weight is 317 g/mol. The molecule has 1 nitrogen and oxygen atoms in total. The van der Waals surface area contributed by atoms with Crippen molar-refractivity contribution in [1.82, 2.24) is 0 Å². The maximum absolute atomic E-state index is 12.0. The number of carbonyl (C=O) groups is 1. The summed E-state index contributed by atoms with van der Waals surface area (Å²) in [5.74, 6) is 0.124. The zero-order valence-corrected chi connectivity index (χ0v) is 13.3.